The molecule has 0 saturated heterocycles. The first kappa shape index (κ1) is 24.4. The molecule has 1 aromatic carbocycles. The summed E-state index contributed by atoms with van der Waals surface area (Å²) in [7, 11) is 0. The maximum Gasteiger partial charge on any atom is -0.147 e. The maximum atomic E-state index is 2.76. The summed E-state index contributed by atoms with van der Waals surface area (Å²) in [6.45, 7) is 7.83. The van der Waals surface area contributed by atoms with Gasteiger partial charge in [0, 0.05) is 0 Å². The van der Waals surface area contributed by atoms with E-state index in [0.717, 1.165) is 26.1 Å². The molecule has 0 aliphatic heterocycles. The van der Waals surface area contributed by atoms with Crippen molar-refractivity contribution in [3.63, 3.8) is 0 Å². The SMILES string of the molecule is CCN(CC)CC(C1=[C]([V])CC=C1)c1ccccc1.Cl.Cl.Cl. The number of likely N-dealkylation sites (N-methyl/N-ethyl adjacent to an activating group) is 1. The van der Waals surface area contributed by atoms with Gasteiger partial charge >= 0.3 is 126 Å². The van der Waals surface area contributed by atoms with Crippen molar-refractivity contribution in [2.75, 3.05) is 19.6 Å². The fraction of sp³-hybridized carbons (Fsp3) is 0.412. The third kappa shape index (κ3) is 6.31. The van der Waals surface area contributed by atoms with Gasteiger partial charge < -0.3 is 0 Å². The maximum absolute atomic E-state index is 2.76. The number of allylic oxidation sites excluding steroid dienone is 3. The van der Waals surface area contributed by atoms with E-state index in [2.05, 4.69) is 78.7 Å². The quantitative estimate of drug-likeness (QED) is 0.639. The van der Waals surface area contributed by atoms with Crippen molar-refractivity contribution in [3.05, 3.63) is 57.9 Å². The third-order valence-electron chi connectivity index (χ3n) is 3.85. The molecule has 1 atom stereocenters. The number of halogens is 3. The molecule has 1 aromatic rings. The van der Waals surface area contributed by atoms with E-state index in [1.54, 1.807) is 0 Å². The summed E-state index contributed by atoms with van der Waals surface area (Å²) in [5.41, 5.74) is 2.93. The average Bonchev–Trinajstić information content (AvgIpc) is 2.87. The summed E-state index contributed by atoms with van der Waals surface area (Å²) in [5.74, 6) is 0.498. The molecular formula is C17H25Cl3NV. The van der Waals surface area contributed by atoms with Crippen LogP contribution < -0.4 is 0 Å². The minimum absolute atomic E-state index is 0. The van der Waals surface area contributed by atoms with Crippen LogP contribution in [0, 0.1) is 0 Å². The van der Waals surface area contributed by atoms with E-state index >= 15 is 0 Å². The van der Waals surface area contributed by atoms with Gasteiger partial charge in [-0.3, -0.25) is 0 Å². The largest absolute Gasteiger partial charge is 0.147 e. The Balaban J connectivity index is 0. The Labute approximate surface area is 162 Å². The zero-order valence-corrected chi connectivity index (χ0v) is 16.9. The van der Waals surface area contributed by atoms with Gasteiger partial charge in [0.1, 0.15) is 0 Å². The summed E-state index contributed by atoms with van der Waals surface area (Å²) in [4.78, 5) is 2.51. The fourth-order valence-electron chi connectivity index (χ4n) is 2.64. The molecule has 0 fully saturated rings. The molecule has 0 radical (unpaired) electrons. The molecule has 1 nitrogen and oxygen atoms in total. The number of hydrogen-bond donors (Lipinski definition) is 0. The predicted octanol–water partition coefficient (Wildman–Crippen LogP) is 5.14. The molecule has 2 rings (SSSR count). The number of benzene rings is 1. The Morgan fingerprint density at radius 1 is 1.05 bits per heavy atom. The Morgan fingerprint density at radius 2 is 1.64 bits per heavy atom. The van der Waals surface area contributed by atoms with Crippen LogP contribution in [0.4, 0.5) is 0 Å². The van der Waals surface area contributed by atoms with Gasteiger partial charge in [-0.05, 0) is 0 Å². The average molecular weight is 401 g/mol. The zero-order valence-electron chi connectivity index (χ0n) is 13.1. The standard InChI is InChI=1S/C17H22N.3ClH.V/c1-3-18(4-2)14-17(16-12-8-9-13-16)15-10-6-5-7-11-15;;;;/h5-8,10-12,17H,3-4,9,14H2,1-2H3;3*1H;. The molecule has 0 aromatic heterocycles. The van der Waals surface area contributed by atoms with Crippen molar-refractivity contribution in [2.45, 2.75) is 26.2 Å². The van der Waals surface area contributed by atoms with Crippen LogP contribution in [0.15, 0.2) is 52.3 Å². The van der Waals surface area contributed by atoms with Gasteiger partial charge in [-0.2, -0.15) is 0 Å². The molecule has 1 unspecified atom stereocenters. The molecular weight excluding hydrogens is 375 g/mol. The molecule has 5 heteroatoms. The van der Waals surface area contributed by atoms with Gasteiger partial charge in [0.25, 0.3) is 0 Å². The Morgan fingerprint density at radius 3 is 2.09 bits per heavy atom. The summed E-state index contributed by atoms with van der Waals surface area (Å²) in [6, 6.07) is 10.9. The van der Waals surface area contributed by atoms with E-state index in [1.165, 1.54) is 15.4 Å². The van der Waals surface area contributed by atoms with Crippen LogP contribution in [0.3, 0.4) is 0 Å². The van der Waals surface area contributed by atoms with Crippen molar-refractivity contribution < 1.29 is 17.4 Å². The summed E-state index contributed by atoms with van der Waals surface area (Å²) >= 11 is 2.76. The second-order valence-corrected chi connectivity index (χ2v) is 5.80. The second kappa shape index (κ2) is 12.5. The minimum atomic E-state index is 0. The summed E-state index contributed by atoms with van der Waals surface area (Å²) in [6.07, 6.45) is 5.69. The van der Waals surface area contributed by atoms with E-state index < -0.39 is 0 Å². The van der Waals surface area contributed by atoms with Crippen LogP contribution >= 0.6 is 37.2 Å². The zero-order chi connectivity index (χ0) is 13.7. The molecule has 0 bridgehead atoms. The normalized spacial score (nSPS) is 14.1. The van der Waals surface area contributed by atoms with Crippen LogP contribution in [0.2, 0.25) is 0 Å². The van der Waals surface area contributed by atoms with Gasteiger partial charge in [0.05, 0.1) is 0 Å². The fourth-order valence-corrected chi connectivity index (χ4v) is 3.16. The van der Waals surface area contributed by atoms with Gasteiger partial charge in [0.15, 0.2) is 0 Å². The van der Waals surface area contributed by atoms with Crippen LogP contribution in [0.1, 0.15) is 31.7 Å². The first-order valence-corrected chi connectivity index (χ1v) is 7.81. The van der Waals surface area contributed by atoms with E-state index in [4.69, 9.17) is 0 Å². The molecule has 0 N–H and O–H groups in total. The topological polar surface area (TPSA) is 3.24 Å². The smallest absolute Gasteiger partial charge is 0.147 e. The van der Waals surface area contributed by atoms with Gasteiger partial charge in [0.2, 0.25) is 0 Å². The molecule has 0 amide bonds. The van der Waals surface area contributed by atoms with Crippen LogP contribution in [-0.2, 0) is 17.4 Å². The molecule has 0 heterocycles. The van der Waals surface area contributed by atoms with Crippen LogP contribution in [-0.4, -0.2) is 24.5 Å². The van der Waals surface area contributed by atoms with Crippen LogP contribution in [0.25, 0.3) is 0 Å². The van der Waals surface area contributed by atoms with E-state index in [9.17, 15) is 0 Å². The minimum Gasteiger partial charge on any atom is -0.147 e. The van der Waals surface area contributed by atoms with Gasteiger partial charge in [-0.25, -0.2) is 0 Å². The van der Waals surface area contributed by atoms with Crippen molar-refractivity contribution in [2.24, 2.45) is 0 Å². The third-order valence-corrected chi connectivity index (χ3v) is 4.54. The first-order valence-electron chi connectivity index (χ1n) is 7.12. The summed E-state index contributed by atoms with van der Waals surface area (Å²) in [5, 5.41) is 0. The van der Waals surface area contributed by atoms with E-state index in [-0.39, 0.29) is 37.2 Å². The Kier molecular flexibility index (Phi) is 13.9. The second-order valence-electron chi connectivity index (χ2n) is 4.96. The van der Waals surface area contributed by atoms with Crippen molar-refractivity contribution in [1.29, 1.82) is 0 Å². The van der Waals surface area contributed by atoms with E-state index in [0.29, 0.717) is 5.92 Å². The van der Waals surface area contributed by atoms with Crippen molar-refractivity contribution >= 4 is 37.2 Å². The van der Waals surface area contributed by atoms with Crippen molar-refractivity contribution in [3.8, 4) is 0 Å². The number of rotatable bonds is 6. The molecule has 1 aliphatic rings. The molecule has 22 heavy (non-hydrogen) atoms. The predicted molar refractivity (Wildman–Crippen MR) is 99.5 cm³/mol. The van der Waals surface area contributed by atoms with Crippen LogP contribution in [0.5, 0.6) is 0 Å². The molecule has 0 spiro atoms. The molecule has 124 valence electrons. The Hall–Kier alpha value is 0.114. The van der Waals surface area contributed by atoms with Gasteiger partial charge in [-0.15, -0.1) is 37.2 Å². The molecule has 0 saturated carbocycles. The van der Waals surface area contributed by atoms with Gasteiger partial charge in [-0.1, -0.05) is 0 Å². The number of nitrogens with zero attached hydrogens (tertiary/aromatic N) is 1. The van der Waals surface area contributed by atoms with E-state index in [1.807, 2.05) is 0 Å². The van der Waals surface area contributed by atoms with Crippen molar-refractivity contribution in [1.82, 2.24) is 4.90 Å². The molecule has 1 aliphatic carbocycles. The Bertz CT molecular complexity index is 470. The monoisotopic (exact) mass is 399 g/mol. The summed E-state index contributed by atoms with van der Waals surface area (Å²) < 4.78 is 1.47. The first-order chi connectivity index (χ1) is 9.26. The number of hydrogen-bond acceptors (Lipinski definition) is 1.